The molecule has 0 spiro atoms. The Labute approximate surface area is 145 Å². The zero-order chi connectivity index (χ0) is 17.8. The normalized spacial score (nSPS) is 10.5. The fourth-order valence-electron chi connectivity index (χ4n) is 2.71. The number of anilines is 1. The van der Waals surface area contributed by atoms with E-state index in [2.05, 4.69) is 22.1 Å². The fourth-order valence-corrected chi connectivity index (χ4v) is 2.71. The number of allylic oxidation sites excluding steroid dienone is 1. The van der Waals surface area contributed by atoms with Crippen LogP contribution in [-0.2, 0) is 6.42 Å². The van der Waals surface area contributed by atoms with Gasteiger partial charge in [-0.05, 0) is 36.8 Å². The topological polar surface area (TPSA) is 76.2 Å². The Hall–Kier alpha value is -3.28. The van der Waals surface area contributed by atoms with Crippen LogP contribution in [0.3, 0.4) is 0 Å². The van der Waals surface area contributed by atoms with Gasteiger partial charge in [0.2, 0.25) is 0 Å². The molecule has 25 heavy (non-hydrogen) atoms. The van der Waals surface area contributed by atoms with Gasteiger partial charge in [-0.2, -0.15) is 5.10 Å². The van der Waals surface area contributed by atoms with Crippen LogP contribution >= 0.6 is 0 Å². The Morgan fingerprint density at radius 2 is 2.12 bits per heavy atom. The molecule has 1 amide bonds. The number of hydrogen-bond acceptors (Lipinski definition) is 4. The predicted molar refractivity (Wildman–Crippen MR) is 97.5 cm³/mol. The minimum absolute atomic E-state index is 0.228. The summed E-state index contributed by atoms with van der Waals surface area (Å²) in [5.74, 6) is 0.894. The molecule has 0 atom stereocenters. The minimum Gasteiger partial charge on any atom is -0.493 e. The molecule has 6 nitrogen and oxygen atoms in total. The Morgan fingerprint density at radius 3 is 2.84 bits per heavy atom. The lowest BCUT2D eigenvalue weighted by Crippen LogP contribution is -2.13. The summed E-state index contributed by atoms with van der Waals surface area (Å²) in [4.78, 5) is 12.7. The van der Waals surface area contributed by atoms with Gasteiger partial charge in [0, 0.05) is 22.2 Å². The first kappa shape index (κ1) is 16.6. The molecule has 0 saturated carbocycles. The lowest BCUT2D eigenvalue weighted by atomic mass is 10.0. The third-order valence-electron chi connectivity index (χ3n) is 3.88. The van der Waals surface area contributed by atoms with Crippen LogP contribution in [0.4, 0.5) is 5.69 Å². The van der Waals surface area contributed by atoms with Crippen LogP contribution in [-0.4, -0.2) is 30.3 Å². The number of nitrogens with zero attached hydrogens (tertiary/aromatic N) is 1. The summed E-state index contributed by atoms with van der Waals surface area (Å²) in [6, 6.07) is 9.01. The number of methoxy groups -OCH3 is 2. The maximum absolute atomic E-state index is 12.7. The van der Waals surface area contributed by atoms with E-state index < -0.39 is 0 Å². The van der Waals surface area contributed by atoms with E-state index in [0.717, 1.165) is 16.5 Å². The summed E-state index contributed by atoms with van der Waals surface area (Å²) < 4.78 is 10.8. The van der Waals surface area contributed by atoms with E-state index in [0.29, 0.717) is 29.2 Å². The van der Waals surface area contributed by atoms with E-state index in [9.17, 15) is 4.79 Å². The van der Waals surface area contributed by atoms with Crippen molar-refractivity contribution in [2.75, 3.05) is 19.5 Å². The summed E-state index contributed by atoms with van der Waals surface area (Å²) in [7, 11) is 3.12. The highest BCUT2D eigenvalue weighted by atomic mass is 16.5. The molecule has 3 aromatic rings. The number of fused-ring (bicyclic) bond motifs is 1. The van der Waals surface area contributed by atoms with Gasteiger partial charge in [0.05, 0.1) is 25.9 Å². The molecule has 2 N–H and O–H groups in total. The van der Waals surface area contributed by atoms with Gasteiger partial charge in [-0.25, -0.2) is 0 Å². The second kappa shape index (κ2) is 7.09. The van der Waals surface area contributed by atoms with Crippen molar-refractivity contribution in [2.24, 2.45) is 0 Å². The first-order valence-electron chi connectivity index (χ1n) is 7.76. The van der Waals surface area contributed by atoms with E-state index in [-0.39, 0.29) is 5.91 Å². The Balaban J connectivity index is 1.92. The molecular formula is C19H19N3O3. The lowest BCUT2D eigenvalue weighted by Gasteiger charge is -2.14. The van der Waals surface area contributed by atoms with Gasteiger partial charge >= 0.3 is 0 Å². The van der Waals surface area contributed by atoms with Gasteiger partial charge in [0.1, 0.15) is 0 Å². The molecular weight excluding hydrogens is 318 g/mol. The van der Waals surface area contributed by atoms with Crippen molar-refractivity contribution < 1.29 is 14.3 Å². The maximum atomic E-state index is 12.7. The monoisotopic (exact) mass is 337 g/mol. The molecule has 0 bridgehead atoms. The molecule has 3 rings (SSSR count). The molecule has 0 unspecified atom stereocenters. The van der Waals surface area contributed by atoms with Crippen LogP contribution < -0.4 is 14.8 Å². The zero-order valence-corrected chi connectivity index (χ0v) is 14.1. The number of aromatic amines is 1. The summed E-state index contributed by atoms with van der Waals surface area (Å²) in [6.45, 7) is 3.75. The minimum atomic E-state index is -0.228. The first-order chi connectivity index (χ1) is 12.2. The smallest absolute Gasteiger partial charge is 0.255 e. The maximum Gasteiger partial charge on any atom is 0.255 e. The molecule has 0 saturated heterocycles. The van der Waals surface area contributed by atoms with Crippen molar-refractivity contribution in [1.82, 2.24) is 10.2 Å². The van der Waals surface area contributed by atoms with Gasteiger partial charge in [-0.3, -0.25) is 9.89 Å². The SMILES string of the molecule is C=CCc1cc(C(=O)Nc2ccc3[nH]ncc3c2)cc(OC)c1OC. The van der Waals surface area contributed by atoms with Crippen LogP contribution in [0.2, 0.25) is 0 Å². The standard InChI is InChI=1S/C19H19N3O3/c1-4-5-12-8-13(10-17(24-2)18(12)25-3)19(23)21-15-6-7-16-14(9-15)11-20-22-16/h4,6-11H,1,5H2,2-3H3,(H,20,22)(H,21,23). The Kier molecular flexibility index (Phi) is 4.70. The van der Waals surface area contributed by atoms with E-state index in [1.165, 1.54) is 0 Å². The second-order valence-corrected chi connectivity index (χ2v) is 5.49. The number of rotatable bonds is 6. The number of H-pyrrole nitrogens is 1. The number of amides is 1. The van der Waals surface area contributed by atoms with Crippen molar-refractivity contribution in [2.45, 2.75) is 6.42 Å². The predicted octanol–water partition coefficient (Wildman–Crippen LogP) is 3.56. The number of carbonyl (C=O) groups is 1. The number of benzene rings is 2. The van der Waals surface area contributed by atoms with E-state index in [1.54, 1.807) is 38.6 Å². The van der Waals surface area contributed by atoms with Crippen molar-refractivity contribution in [3.05, 3.63) is 60.3 Å². The summed E-state index contributed by atoms with van der Waals surface area (Å²) in [5, 5.41) is 10.7. The van der Waals surface area contributed by atoms with Gasteiger partial charge in [0.15, 0.2) is 11.5 Å². The molecule has 1 heterocycles. The fraction of sp³-hybridized carbons (Fsp3) is 0.158. The molecule has 0 aliphatic rings. The van der Waals surface area contributed by atoms with Gasteiger partial charge in [-0.15, -0.1) is 6.58 Å². The molecule has 1 aromatic heterocycles. The highest BCUT2D eigenvalue weighted by Crippen LogP contribution is 2.33. The number of carbonyl (C=O) groups excluding carboxylic acids is 1. The molecule has 0 fully saturated rings. The van der Waals surface area contributed by atoms with Crippen LogP contribution in [0.25, 0.3) is 10.9 Å². The average molecular weight is 337 g/mol. The van der Waals surface area contributed by atoms with Crippen LogP contribution in [0.15, 0.2) is 49.2 Å². The Morgan fingerprint density at radius 1 is 1.28 bits per heavy atom. The molecule has 2 aromatic carbocycles. The van der Waals surface area contributed by atoms with Crippen molar-refractivity contribution >= 4 is 22.5 Å². The quantitative estimate of drug-likeness (QED) is 0.674. The number of ether oxygens (including phenoxy) is 2. The largest absolute Gasteiger partial charge is 0.493 e. The molecule has 0 aliphatic carbocycles. The third kappa shape index (κ3) is 3.33. The summed E-state index contributed by atoms with van der Waals surface area (Å²) in [5.41, 5.74) is 2.94. The van der Waals surface area contributed by atoms with Gasteiger partial charge < -0.3 is 14.8 Å². The summed E-state index contributed by atoms with van der Waals surface area (Å²) in [6.07, 6.45) is 4.04. The van der Waals surface area contributed by atoms with Crippen molar-refractivity contribution in [3.63, 3.8) is 0 Å². The number of aromatic nitrogens is 2. The van der Waals surface area contributed by atoms with Crippen LogP contribution in [0.5, 0.6) is 11.5 Å². The van der Waals surface area contributed by atoms with E-state index >= 15 is 0 Å². The van der Waals surface area contributed by atoms with E-state index in [1.807, 2.05) is 18.2 Å². The van der Waals surface area contributed by atoms with Crippen LogP contribution in [0, 0.1) is 0 Å². The zero-order valence-electron chi connectivity index (χ0n) is 14.1. The van der Waals surface area contributed by atoms with Crippen molar-refractivity contribution in [3.8, 4) is 11.5 Å². The second-order valence-electron chi connectivity index (χ2n) is 5.49. The average Bonchev–Trinajstić information content (AvgIpc) is 3.09. The molecule has 6 heteroatoms. The van der Waals surface area contributed by atoms with Gasteiger partial charge in [0.25, 0.3) is 5.91 Å². The lowest BCUT2D eigenvalue weighted by molar-refractivity contribution is 0.102. The van der Waals surface area contributed by atoms with Gasteiger partial charge in [-0.1, -0.05) is 6.08 Å². The van der Waals surface area contributed by atoms with Crippen molar-refractivity contribution in [1.29, 1.82) is 0 Å². The van der Waals surface area contributed by atoms with Crippen LogP contribution in [0.1, 0.15) is 15.9 Å². The highest BCUT2D eigenvalue weighted by Gasteiger charge is 2.16. The molecule has 0 aliphatic heterocycles. The first-order valence-corrected chi connectivity index (χ1v) is 7.76. The molecule has 128 valence electrons. The molecule has 0 radical (unpaired) electrons. The summed E-state index contributed by atoms with van der Waals surface area (Å²) >= 11 is 0. The van der Waals surface area contributed by atoms with E-state index in [4.69, 9.17) is 9.47 Å². The number of hydrogen-bond donors (Lipinski definition) is 2. The third-order valence-corrected chi connectivity index (χ3v) is 3.88. The highest BCUT2D eigenvalue weighted by molar-refractivity contribution is 6.05. The Bertz CT molecular complexity index is 931. The number of nitrogens with one attached hydrogen (secondary N) is 2.